The fourth-order valence-electron chi connectivity index (χ4n) is 3.81. The number of ether oxygens (including phenoxy) is 2. The van der Waals surface area contributed by atoms with Gasteiger partial charge in [-0.15, -0.1) is 0 Å². The summed E-state index contributed by atoms with van der Waals surface area (Å²) >= 11 is 0. The maximum absolute atomic E-state index is 13.1. The highest BCUT2D eigenvalue weighted by Gasteiger charge is 2.21. The number of hydrogen-bond donors (Lipinski definition) is 2. The van der Waals surface area contributed by atoms with E-state index < -0.39 is 22.0 Å². The third-order valence-corrected chi connectivity index (χ3v) is 6.99. The van der Waals surface area contributed by atoms with Crippen LogP contribution in [0.25, 0.3) is 0 Å². The Kier molecular flexibility index (Phi) is 7.51. The first-order valence-electron chi connectivity index (χ1n) is 10.8. The molecule has 0 fully saturated rings. The molecule has 34 heavy (non-hydrogen) atoms. The molecule has 0 radical (unpaired) electrons. The van der Waals surface area contributed by atoms with E-state index in [2.05, 4.69) is 10.0 Å². The fourth-order valence-corrected chi connectivity index (χ4v) is 5.12. The van der Waals surface area contributed by atoms with Crippen LogP contribution in [0.4, 0.5) is 5.69 Å². The number of carbonyl (C=O) groups is 1. The molecule has 7 nitrogen and oxygen atoms in total. The van der Waals surface area contributed by atoms with Gasteiger partial charge in [0, 0.05) is 16.8 Å². The monoisotopic (exact) mass is 482 g/mol. The van der Waals surface area contributed by atoms with Gasteiger partial charge < -0.3 is 14.8 Å². The van der Waals surface area contributed by atoms with E-state index in [-0.39, 0.29) is 10.5 Å². The van der Waals surface area contributed by atoms with Gasteiger partial charge in [0.1, 0.15) is 11.5 Å². The van der Waals surface area contributed by atoms with Crippen LogP contribution in [0.2, 0.25) is 0 Å². The minimum absolute atomic E-state index is 0.0472. The molecule has 3 aromatic rings. The standard InChI is InChI=1S/C26H30N2O5S/c1-16-11-17(2)13-21(12-16)28-34(30,31)25-14-20(8-7-18(25)3)26(29)27-19(4)23-15-22(32-5)9-10-24(23)33-6/h7-15,19,28H,1-6H3,(H,27,29)/t19-/m0/s1. The third-order valence-electron chi connectivity index (χ3n) is 5.46. The molecule has 0 saturated heterocycles. The second-order valence-electron chi connectivity index (χ2n) is 8.27. The van der Waals surface area contributed by atoms with Crippen LogP contribution in [-0.4, -0.2) is 28.5 Å². The largest absolute Gasteiger partial charge is 0.497 e. The summed E-state index contributed by atoms with van der Waals surface area (Å²) in [6.07, 6.45) is 0. The lowest BCUT2D eigenvalue weighted by atomic mass is 10.1. The maximum Gasteiger partial charge on any atom is 0.262 e. The van der Waals surface area contributed by atoms with Crippen LogP contribution >= 0.6 is 0 Å². The van der Waals surface area contributed by atoms with Gasteiger partial charge in [0.25, 0.3) is 15.9 Å². The van der Waals surface area contributed by atoms with Gasteiger partial charge >= 0.3 is 0 Å². The SMILES string of the molecule is COc1ccc(OC)c([C@H](C)NC(=O)c2ccc(C)c(S(=O)(=O)Nc3cc(C)cc(C)c3)c2)c1. The zero-order valence-electron chi connectivity index (χ0n) is 20.2. The van der Waals surface area contributed by atoms with Crippen molar-refractivity contribution in [2.75, 3.05) is 18.9 Å². The van der Waals surface area contributed by atoms with Crippen molar-refractivity contribution >= 4 is 21.6 Å². The van der Waals surface area contributed by atoms with E-state index in [0.29, 0.717) is 22.7 Å². The van der Waals surface area contributed by atoms with Gasteiger partial charge in [-0.3, -0.25) is 9.52 Å². The maximum atomic E-state index is 13.1. The molecule has 0 bridgehead atoms. The van der Waals surface area contributed by atoms with Crippen LogP contribution in [0.5, 0.6) is 11.5 Å². The van der Waals surface area contributed by atoms with Crippen LogP contribution in [0.1, 0.15) is 45.6 Å². The topological polar surface area (TPSA) is 93.7 Å². The Hall–Kier alpha value is -3.52. The highest BCUT2D eigenvalue weighted by Crippen LogP contribution is 2.30. The normalized spacial score (nSPS) is 12.1. The van der Waals surface area contributed by atoms with Crippen LogP contribution in [0.3, 0.4) is 0 Å². The lowest BCUT2D eigenvalue weighted by Gasteiger charge is -2.19. The van der Waals surface area contributed by atoms with E-state index in [4.69, 9.17) is 9.47 Å². The zero-order chi connectivity index (χ0) is 25.0. The summed E-state index contributed by atoms with van der Waals surface area (Å²) in [6, 6.07) is 15.0. The lowest BCUT2D eigenvalue weighted by molar-refractivity contribution is 0.0939. The molecule has 2 N–H and O–H groups in total. The van der Waals surface area contributed by atoms with E-state index in [1.165, 1.54) is 6.07 Å². The number of methoxy groups -OCH3 is 2. The Labute approximate surface area is 201 Å². The van der Waals surface area contributed by atoms with Crippen molar-refractivity contribution in [3.05, 3.63) is 82.4 Å². The Morgan fingerprint density at radius 1 is 0.882 bits per heavy atom. The molecule has 3 rings (SSSR count). The molecular formula is C26H30N2O5S. The molecule has 180 valence electrons. The summed E-state index contributed by atoms with van der Waals surface area (Å²) in [5.74, 6) is 0.844. The average molecular weight is 483 g/mol. The number of carbonyl (C=O) groups excluding carboxylic acids is 1. The van der Waals surface area contributed by atoms with Crippen molar-refractivity contribution in [1.82, 2.24) is 5.32 Å². The molecule has 0 saturated carbocycles. The minimum Gasteiger partial charge on any atom is -0.497 e. The number of rotatable bonds is 8. The molecule has 0 aromatic heterocycles. The number of benzene rings is 3. The van der Waals surface area contributed by atoms with Crippen molar-refractivity contribution in [2.45, 2.75) is 38.6 Å². The summed E-state index contributed by atoms with van der Waals surface area (Å²) in [4.78, 5) is 13.1. The molecule has 1 amide bonds. The van der Waals surface area contributed by atoms with Crippen LogP contribution in [0, 0.1) is 20.8 Å². The molecule has 1 atom stereocenters. The predicted molar refractivity (Wildman–Crippen MR) is 133 cm³/mol. The smallest absolute Gasteiger partial charge is 0.262 e. The molecule has 0 unspecified atom stereocenters. The van der Waals surface area contributed by atoms with Crippen molar-refractivity contribution in [1.29, 1.82) is 0 Å². The lowest BCUT2D eigenvalue weighted by Crippen LogP contribution is -2.27. The summed E-state index contributed by atoms with van der Waals surface area (Å²) in [5, 5.41) is 2.91. The van der Waals surface area contributed by atoms with Gasteiger partial charge in [0.2, 0.25) is 0 Å². The second kappa shape index (κ2) is 10.2. The van der Waals surface area contributed by atoms with E-state index in [0.717, 1.165) is 16.7 Å². The Balaban J connectivity index is 1.87. The first kappa shape index (κ1) is 25.1. The van der Waals surface area contributed by atoms with E-state index in [9.17, 15) is 13.2 Å². The van der Waals surface area contributed by atoms with E-state index in [1.807, 2.05) is 26.8 Å². The number of nitrogens with one attached hydrogen (secondary N) is 2. The molecule has 3 aromatic carbocycles. The van der Waals surface area contributed by atoms with Gasteiger partial charge in [0.05, 0.1) is 25.2 Å². The molecular weight excluding hydrogens is 452 g/mol. The Bertz CT molecular complexity index is 1300. The minimum atomic E-state index is -3.90. The molecule has 8 heteroatoms. The van der Waals surface area contributed by atoms with Crippen LogP contribution in [0.15, 0.2) is 59.5 Å². The zero-order valence-corrected chi connectivity index (χ0v) is 21.0. The summed E-state index contributed by atoms with van der Waals surface area (Å²) in [7, 11) is -0.780. The van der Waals surface area contributed by atoms with Crippen molar-refractivity contribution in [3.8, 4) is 11.5 Å². The number of aryl methyl sites for hydroxylation is 3. The van der Waals surface area contributed by atoms with Crippen molar-refractivity contribution in [3.63, 3.8) is 0 Å². The highest BCUT2D eigenvalue weighted by atomic mass is 32.2. The molecule has 0 aliphatic rings. The van der Waals surface area contributed by atoms with Crippen molar-refractivity contribution in [2.24, 2.45) is 0 Å². The Morgan fingerprint density at radius 3 is 2.18 bits per heavy atom. The fraction of sp³-hybridized carbons (Fsp3) is 0.269. The number of sulfonamides is 1. The molecule has 0 aliphatic carbocycles. The summed E-state index contributed by atoms with van der Waals surface area (Å²) in [5.41, 5.74) is 3.89. The van der Waals surface area contributed by atoms with Gasteiger partial charge in [-0.1, -0.05) is 12.1 Å². The van der Waals surface area contributed by atoms with Crippen LogP contribution < -0.4 is 19.5 Å². The number of hydrogen-bond acceptors (Lipinski definition) is 5. The quantitative estimate of drug-likeness (QED) is 0.475. The highest BCUT2D eigenvalue weighted by molar-refractivity contribution is 7.92. The van der Waals surface area contributed by atoms with E-state index >= 15 is 0 Å². The molecule has 0 spiro atoms. The first-order chi connectivity index (χ1) is 16.0. The Morgan fingerprint density at radius 2 is 1.56 bits per heavy atom. The predicted octanol–water partition coefficient (Wildman–Crippen LogP) is 4.92. The summed E-state index contributed by atoms with van der Waals surface area (Å²) < 4.78 is 39.6. The molecule has 0 aliphatic heterocycles. The third kappa shape index (κ3) is 5.69. The van der Waals surface area contributed by atoms with Crippen LogP contribution in [-0.2, 0) is 10.0 Å². The number of amides is 1. The van der Waals surface area contributed by atoms with Gasteiger partial charge in [-0.05, 0) is 86.8 Å². The second-order valence-corrected chi connectivity index (χ2v) is 9.92. The average Bonchev–Trinajstić information content (AvgIpc) is 2.77. The van der Waals surface area contributed by atoms with E-state index in [1.54, 1.807) is 63.6 Å². The number of anilines is 1. The van der Waals surface area contributed by atoms with Gasteiger partial charge in [0.15, 0.2) is 0 Å². The first-order valence-corrected chi connectivity index (χ1v) is 12.3. The van der Waals surface area contributed by atoms with Gasteiger partial charge in [-0.25, -0.2) is 8.42 Å². The summed E-state index contributed by atoms with van der Waals surface area (Å²) in [6.45, 7) is 7.32. The molecule has 0 heterocycles. The van der Waals surface area contributed by atoms with Crippen molar-refractivity contribution < 1.29 is 22.7 Å². The van der Waals surface area contributed by atoms with Gasteiger partial charge in [-0.2, -0.15) is 0 Å².